The summed E-state index contributed by atoms with van der Waals surface area (Å²) in [5.41, 5.74) is 0. The summed E-state index contributed by atoms with van der Waals surface area (Å²) in [5.74, 6) is -0.329. The molecule has 0 unspecified atom stereocenters. The maximum Gasteiger partial charge on any atom is 0.332 e. The van der Waals surface area contributed by atoms with Gasteiger partial charge in [-0.25, -0.2) is 4.79 Å². The number of hydrogen-bond donors (Lipinski definition) is 0. The minimum Gasteiger partial charge on any atom is -0.464 e. The highest BCUT2D eigenvalue weighted by atomic mass is 16.6. The molecular formula is C7H12O3. The Balaban J connectivity index is 3.13. The summed E-state index contributed by atoms with van der Waals surface area (Å²) < 4.78 is 9.39. The molecule has 3 nitrogen and oxygen atoms in total. The smallest absolute Gasteiger partial charge is 0.332 e. The number of carbonyl (C=O) groups excluding carboxylic acids is 1. The molecule has 0 aromatic rings. The zero-order valence-corrected chi connectivity index (χ0v) is 6.13. The third-order valence-electron chi connectivity index (χ3n) is 0.761. The summed E-state index contributed by atoms with van der Waals surface area (Å²) in [6, 6.07) is 0. The third-order valence-corrected chi connectivity index (χ3v) is 0.761. The van der Waals surface area contributed by atoms with Gasteiger partial charge in [0.2, 0.25) is 0 Å². The van der Waals surface area contributed by atoms with Gasteiger partial charge in [-0.3, -0.25) is 0 Å². The molecule has 0 aliphatic carbocycles. The fourth-order valence-corrected chi connectivity index (χ4v) is 0.428. The van der Waals surface area contributed by atoms with Crippen molar-refractivity contribution in [2.75, 3.05) is 19.8 Å². The molecule has 0 N–H and O–H groups in total. The second kappa shape index (κ2) is 6.29. The Bertz CT molecular complexity index is 109. The standard InChI is InChI=1S/C7H12O3/c1-3-5-9-6-7(8)10-4-2/h3H,1,4-6H2,2H3. The van der Waals surface area contributed by atoms with Gasteiger partial charge in [0.25, 0.3) is 0 Å². The molecule has 0 saturated carbocycles. The number of rotatable bonds is 5. The third kappa shape index (κ3) is 5.31. The van der Waals surface area contributed by atoms with Crippen molar-refractivity contribution in [2.24, 2.45) is 0 Å². The van der Waals surface area contributed by atoms with E-state index in [4.69, 9.17) is 4.74 Å². The largest absolute Gasteiger partial charge is 0.464 e. The van der Waals surface area contributed by atoms with E-state index in [-0.39, 0.29) is 12.6 Å². The van der Waals surface area contributed by atoms with Crippen molar-refractivity contribution in [1.29, 1.82) is 0 Å². The number of hydrogen-bond acceptors (Lipinski definition) is 3. The van der Waals surface area contributed by atoms with Gasteiger partial charge >= 0.3 is 5.97 Å². The van der Waals surface area contributed by atoms with Crippen LogP contribution in [0.15, 0.2) is 12.7 Å². The maximum absolute atomic E-state index is 10.5. The Morgan fingerprint density at radius 1 is 1.70 bits per heavy atom. The zero-order chi connectivity index (χ0) is 7.82. The fraction of sp³-hybridized carbons (Fsp3) is 0.571. The topological polar surface area (TPSA) is 35.5 Å². The lowest BCUT2D eigenvalue weighted by molar-refractivity contribution is -0.147. The highest BCUT2D eigenvalue weighted by Gasteiger charge is 1.98. The van der Waals surface area contributed by atoms with Crippen LogP contribution in [-0.4, -0.2) is 25.8 Å². The van der Waals surface area contributed by atoms with Crippen LogP contribution in [0.3, 0.4) is 0 Å². The Hall–Kier alpha value is -0.830. The summed E-state index contributed by atoms with van der Waals surface area (Å²) in [6.07, 6.45) is 1.58. The molecule has 0 amide bonds. The quantitative estimate of drug-likeness (QED) is 0.324. The molecular weight excluding hydrogens is 132 g/mol. The molecule has 0 aliphatic heterocycles. The molecule has 58 valence electrons. The maximum atomic E-state index is 10.5. The van der Waals surface area contributed by atoms with Crippen LogP contribution >= 0.6 is 0 Å². The summed E-state index contributed by atoms with van der Waals surface area (Å²) in [4.78, 5) is 10.5. The van der Waals surface area contributed by atoms with Gasteiger partial charge in [-0.15, -0.1) is 6.58 Å². The number of ether oxygens (including phenoxy) is 2. The van der Waals surface area contributed by atoms with Crippen molar-refractivity contribution >= 4 is 5.97 Å². The summed E-state index contributed by atoms with van der Waals surface area (Å²) in [7, 11) is 0. The molecule has 10 heavy (non-hydrogen) atoms. The van der Waals surface area contributed by atoms with Gasteiger partial charge in [0.1, 0.15) is 6.61 Å². The molecule has 0 fully saturated rings. The molecule has 0 aromatic heterocycles. The van der Waals surface area contributed by atoms with Crippen molar-refractivity contribution in [1.82, 2.24) is 0 Å². The lowest BCUT2D eigenvalue weighted by atomic mass is 10.6. The minimum atomic E-state index is -0.329. The zero-order valence-electron chi connectivity index (χ0n) is 6.13. The van der Waals surface area contributed by atoms with Crippen LogP contribution < -0.4 is 0 Å². The van der Waals surface area contributed by atoms with Crippen LogP contribution in [0.5, 0.6) is 0 Å². The van der Waals surface area contributed by atoms with Crippen LogP contribution in [0.2, 0.25) is 0 Å². The Labute approximate surface area is 60.6 Å². The SMILES string of the molecule is C=CCOCC(=O)OCC. The molecule has 0 heterocycles. The van der Waals surface area contributed by atoms with Crippen molar-refractivity contribution < 1.29 is 14.3 Å². The first kappa shape index (κ1) is 9.17. The van der Waals surface area contributed by atoms with E-state index in [9.17, 15) is 4.79 Å². The Morgan fingerprint density at radius 3 is 2.90 bits per heavy atom. The fourth-order valence-electron chi connectivity index (χ4n) is 0.428. The minimum absolute atomic E-state index is 0.0137. The van der Waals surface area contributed by atoms with Gasteiger partial charge in [-0.05, 0) is 6.92 Å². The average Bonchev–Trinajstić information content (AvgIpc) is 1.89. The van der Waals surface area contributed by atoms with Crippen LogP contribution in [0, 0.1) is 0 Å². The second-order valence-corrected chi connectivity index (χ2v) is 1.61. The summed E-state index contributed by atoms with van der Waals surface area (Å²) >= 11 is 0. The van der Waals surface area contributed by atoms with Crippen molar-refractivity contribution in [2.45, 2.75) is 6.92 Å². The van der Waals surface area contributed by atoms with Gasteiger partial charge in [-0.1, -0.05) is 6.08 Å². The Kier molecular flexibility index (Phi) is 5.77. The van der Waals surface area contributed by atoms with Crippen LogP contribution in [-0.2, 0) is 14.3 Å². The van der Waals surface area contributed by atoms with Crippen LogP contribution in [0.4, 0.5) is 0 Å². The normalized spacial score (nSPS) is 8.90. The van der Waals surface area contributed by atoms with E-state index in [0.717, 1.165) is 0 Å². The van der Waals surface area contributed by atoms with Crippen molar-refractivity contribution in [3.8, 4) is 0 Å². The van der Waals surface area contributed by atoms with Crippen molar-refractivity contribution in [3.63, 3.8) is 0 Å². The van der Waals surface area contributed by atoms with Gasteiger partial charge in [0.05, 0.1) is 13.2 Å². The summed E-state index contributed by atoms with van der Waals surface area (Å²) in [6.45, 7) is 5.98. The molecule has 0 aliphatic rings. The van der Waals surface area contributed by atoms with E-state index >= 15 is 0 Å². The van der Waals surface area contributed by atoms with Crippen molar-refractivity contribution in [3.05, 3.63) is 12.7 Å². The lowest BCUT2D eigenvalue weighted by Crippen LogP contribution is -2.12. The molecule has 0 rings (SSSR count). The van der Waals surface area contributed by atoms with E-state index in [1.807, 2.05) is 0 Å². The number of carbonyl (C=O) groups is 1. The lowest BCUT2D eigenvalue weighted by Gasteiger charge is -1.99. The average molecular weight is 144 g/mol. The predicted octanol–water partition coefficient (Wildman–Crippen LogP) is 0.752. The highest BCUT2D eigenvalue weighted by molar-refractivity contribution is 5.70. The monoisotopic (exact) mass is 144 g/mol. The molecule has 0 aromatic carbocycles. The first-order chi connectivity index (χ1) is 4.81. The number of esters is 1. The van der Waals surface area contributed by atoms with Gasteiger partial charge in [0.15, 0.2) is 0 Å². The molecule has 0 radical (unpaired) electrons. The Morgan fingerprint density at radius 2 is 2.40 bits per heavy atom. The highest BCUT2D eigenvalue weighted by Crippen LogP contribution is 1.80. The van der Waals surface area contributed by atoms with Gasteiger partial charge in [0, 0.05) is 0 Å². The van der Waals surface area contributed by atoms with Crippen LogP contribution in [0.1, 0.15) is 6.92 Å². The molecule has 3 heteroatoms. The van der Waals surface area contributed by atoms with Gasteiger partial charge < -0.3 is 9.47 Å². The van der Waals surface area contributed by atoms with E-state index in [0.29, 0.717) is 13.2 Å². The summed E-state index contributed by atoms with van der Waals surface area (Å²) in [5, 5.41) is 0. The van der Waals surface area contributed by atoms with E-state index in [1.165, 1.54) is 0 Å². The predicted molar refractivity (Wildman–Crippen MR) is 37.6 cm³/mol. The molecule has 0 saturated heterocycles. The molecule has 0 spiro atoms. The molecule has 0 atom stereocenters. The van der Waals surface area contributed by atoms with Gasteiger partial charge in [-0.2, -0.15) is 0 Å². The first-order valence-corrected chi connectivity index (χ1v) is 3.15. The first-order valence-electron chi connectivity index (χ1n) is 3.15. The van der Waals surface area contributed by atoms with E-state index in [2.05, 4.69) is 11.3 Å². The second-order valence-electron chi connectivity index (χ2n) is 1.61. The van der Waals surface area contributed by atoms with Crippen LogP contribution in [0.25, 0.3) is 0 Å². The van der Waals surface area contributed by atoms with E-state index in [1.54, 1.807) is 13.0 Å². The van der Waals surface area contributed by atoms with E-state index < -0.39 is 0 Å². The molecule has 0 bridgehead atoms.